The number of hydrogen-bond acceptors (Lipinski definition) is 7. The number of sulfonamides is 1. The van der Waals surface area contributed by atoms with Crippen molar-refractivity contribution in [3.05, 3.63) is 53.6 Å². The smallest absolute Gasteiger partial charge is 0.262 e. The van der Waals surface area contributed by atoms with Crippen molar-refractivity contribution in [2.24, 2.45) is 0 Å². The fraction of sp³-hybridized carbons (Fsp3) is 0.200. The molecule has 11 heteroatoms. The lowest BCUT2D eigenvalue weighted by atomic mass is 10.1. The van der Waals surface area contributed by atoms with Gasteiger partial charge in [-0.2, -0.15) is 0 Å². The summed E-state index contributed by atoms with van der Waals surface area (Å²) in [4.78, 5) is 43.2. The number of nitrogens with zero attached hydrogens (tertiary/aromatic N) is 3. The van der Waals surface area contributed by atoms with Gasteiger partial charge in [-0.15, -0.1) is 0 Å². The van der Waals surface area contributed by atoms with Crippen LogP contribution in [0.3, 0.4) is 0 Å². The predicted octanol–water partition coefficient (Wildman–Crippen LogP) is 2.17. The molecule has 3 amide bonds. The Morgan fingerprint density at radius 3 is 2.29 bits per heavy atom. The highest BCUT2D eigenvalue weighted by molar-refractivity contribution is 7.89. The Bertz CT molecular complexity index is 1310. The van der Waals surface area contributed by atoms with E-state index in [1.165, 1.54) is 33.2 Å². The van der Waals surface area contributed by atoms with Crippen LogP contribution < -0.4 is 5.32 Å². The van der Waals surface area contributed by atoms with Gasteiger partial charge < -0.3 is 5.32 Å². The lowest BCUT2D eigenvalue weighted by molar-refractivity contribution is -0.119. The maximum absolute atomic E-state index is 12.7. The number of fused-ring (bicyclic) bond motifs is 2. The highest BCUT2D eigenvalue weighted by Gasteiger charge is 2.40. The molecule has 1 unspecified atom stereocenters. The quantitative estimate of drug-likeness (QED) is 0.586. The van der Waals surface area contributed by atoms with Crippen LogP contribution in [-0.2, 0) is 14.8 Å². The summed E-state index contributed by atoms with van der Waals surface area (Å²) in [6, 6.07) is 9.86. The number of thiazole rings is 1. The van der Waals surface area contributed by atoms with Crippen LogP contribution in [0.1, 0.15) is 27.6 Å². The number of carbonyl (C=O) groups excluding carboxylic acids is 3. The van der Waals surface area contributed by atoms with Crippen molar-refractivity contribution >= 4 is 54.4 Å². The molecule has 0 spiro atoms. The molecule has 0 saturated carbocycles. The first-order chi connectivity index (χ1) is 14.6. The van der Waals surface area contributed by atoms with E-state index >= 15 is 0 Å². The van der Waals surface area contributed by atoms with Crippen molar-refractivity contribution in [2.75, 3.05) is 19.4 Å². The summed E-state index contributed by atoms with van der Waals surface area (Å²) in [5.41, 5.74) is 1.05. The zero-order valence-corrected chi connectivity index (χ0v) is 18.5. The van der Waals surface area contributed by atoms with Crippen LogP contribution in [0, 0.1) is 0 Å². The number of carbonyl (C=O) groups is 3. The van der Waals surface area contributed by atoms with Gasteiger partial charge in [0.1, 0.15) is 6.04 Å². The average molecular weight is 459 g/mol. The van der Waals surface area contributed by atoms with Crippen molar-refractivity contribution in [1.29, 1.82) is 0 Å². The van der Waals surface area contributed by atoms with Crippen LogP contribution >= 0.6 is 11.3 Å². The van der Waals surface area contributed by atoms with Gasteiger partial charge in [0.25, 0.3) is 11.8 Å². The number of rotatable bonds is 5. The Kier molecular flexibility index (Phi) is 5.12. The van der Waals surface area contributed by atoms with Crippen LogP contribution in [0.4, 0.5) is 5.13 Å². The average Bonchev–Trinajstić information content (AvgIpc) is 3.25. The van der Waals surface area contributed by atoms with E-state index in [2.05, 4.69) is 10.3 Å². The molecule has 1 N–H and O–H groups in total. The second kappa shape index (κ2) is 7.52. The molecule has 2 heterocycles. The summed E-state index contributed by atoms with van der Waals surface area (Å²) in [6.07, 6.45) is 0. The monoisotopic (exact) mass is 458 g/mol. The lowest BCUT2D eigenvalue weighted by Crippen LogP contribution is -2.45. The zero-order valence-electron chi connectivity index (χ0n) is 16.8. The van der Waals surface area contributed by atoms with E-state index in [9.17, 15) is 22.8 Å². The van der Waals surface area contributed by atoms with Gasteiger partial charge in [0.2, 0.25) is 15.9 Å². The first-order valence-electron chi connectivity index (χ1n) is 9.22. The van der Waals surface area contributed by atoms with Crippen LogP contribution in [0.15, 0.2) is 47.4 Å². The summed E-state index contributed by atoms with van der Waals surface area (Å²) in [6.45, 7) is 1.46. The Balaban J connectivity index is 1.56. The number of nitrogens with one attached hydrogen (secondary N) is 1. The van der Waals surface area contributed by atoms with Crippen molar-refractivity contribution in [3.63, 3.8) is 0 Å². The fourth-order valence-electron chi connectivity index (χ4n) is 3.22. The summed E-state index contributed by atoms with van der Waals surface area (Å²) >= 11 is 1.10. The first kappa shape index (κ1) is 21.1. The maximum atomic E-state index is 12.7. The van der Waals surface area contributed by atoms with Gasteiger partial charge in [-0.05, 0) is 37.3 Å². The van der Waals surface area contributed by atoms with Crippen LogP contribution in [-0.4, -0.2) is 60.5 Å². The number of imide groups is 1. The van der Waals surface area contributed by atoms with Crippen molar-refractivity contribution < 1.29 is 22.8 Å². The molecule has 0 fully saturated rings. The highest BCUT2D eigenvalue weighted by Crippen LogP contribution is 2.30. The molecule has 1 aliphatic heterocycles. The van der Waals surface area contributed by atoms with Crippen molar-refractivity contribution in [2.45, 2.75) is 17.9 Å². The number of benzene rings is 2. The van der Waals surface area contributed by atoms with E-state index in [0.717, 1.165) is 20.5 Å². The van der Waals surface area contributed by atoms with Gasteiger partial charge >= 0.3 is 0 Å². The third kappa shape index (κ3) is 3.50. The molecule has 160 valence electrons. The SMILES string of the molecule is CC(C(=O)Nc1nc2ccc(S(=O)(=O)N(C)C)cc2s1)N1C(=O)c2ccccc2C1=O. The summed E-state index contributed by atoms with van der Waals surface area (Å²) in [5, 5.41) is 2.86. The maximum Gasteiger partial charge on any atom is 0.262 e. The normalized spacial score (nSPS) is 14.9. The van der Waals surface area contributed by atoms with E-state index < -0.39 is 33.8 Å². The molecular weight excluding hydrogens is 440 g/mol. The van der Waals surface area contributed by atoms with Gasteiger partial charge in [0.05, 0.1) is 26.2 Å². The van der Waals surface area contributed by atoms with E-state index in [-0.39, 0.29) is 21.2 Å². The van der Waals surface area contributed by atoms with Gasteiger partial charge in [-0.25, -0.2) is 17.7 Å². The number of amides is 3. The van der Waals surface area contributed by atoms with E-state index in [4.69, 9.17) is 0 Å². The van der Waals surface area contributed by atoms with Crippen molar-refractivity contribution in [3.8, 4) is 0 Å². The van der Waals surface area contributed by atoms with Crippen LogP contribution in [0.25, 0.3) is 10.2 Å². The van der Waals surface area contributed by atoms with Gasteiger partial charge in [0, 0.05) is 14.1 Å². The molecule has 0 bridgehead atoms. The van der Waals surface area contributed by atoms with E-state index in [1.54, 1.807) is 30.3 Å². The van der Waals surface area contributed by atoms with Gasteiger partial charge in [-0.3, -0.25) is 19.3 Å². The molecule has 1 aliphatic rings. The molecule has 0 radical (unpaired) electrons. The molecule has 2 aromatic carbocycles. The molecular formula is C20H18N4O5S2. The topological polar surface area (TPSA) is 117 Å². The molecule has 0 saturated heterocycles. The summed E-state index contributed by atoms with van der Waals surface area (Å²) < 4.78 is 26.3. The third-order valence-corrected chi connectivity index (χ3v) is 7.71. The molecule has 3 aromatic rings. The van der Waals surface area contributed by atoms with Crippen molar-refractivity contribution in [1.82, 2.24) is 14.2 Å². The summed E-state index contributed by atoms with van der Waals surface area (Å²) in [7, 11) is -0.716. The van der Waals surface area contributed by atoms with Gasteiger partial charge in [-0.1, -0.05) is 23.5 Å². The van der Waals surface area contributed by atoms with Gasteiger partial charge in [0.15, 0.2) is 5.13 Å². The van der Waals surface area contributed by atoms with E-state index in [1.807, 2.05) is 0 Å². The first-order valence-corrected chi connectivity index (χ1v) is 11.5. The minimum absolute atomic E-state index is 0.117. The molecule has 9 nitrogen and oxygen atoms in total. The second-order valence-corrected chi connectivity index (χ2v) is 10.3. The number of aromatic nitrogens is 1. The fourth-order valence-corrected chi connectivity index (χ4v) is 5.13. The minimum atomic E-state index is -3.60. The highest BCUT2D eigenvalue weighted by atomic mass is 32.2. The Morgan fingerprint density at radius 1 is 1.10 bits per heavy atom. The van der Waals surface area contributed by atoms with E-state index in [0.29, 0.717) is 10.2 Å². The Hall–Kier alpha value is -3.15. The molecule has 4 rings (SSSR count). The molecule has 31 heavy (non-hydrogen) atoms. The third-order valence-electron chi connectivity index (χ3n) is 4.96. The molecule has 1 atom stereocenters. The Morgan fingerprint density at radius 2 is 1.71 bits per heavy atom. The zero-order chi connectivity index (χ0) is 22.5. The minimum Gasteiger partial charge on any atom is -0.300 e. The second-order valence-electron chi connectivity index (χ2n) is 7.13. The van der Waals surface area contributed by atoms with Crippen LogP contribution in [0.2, 0.25) is 0 Å². The standard InChI is InChI=1S/C20H18N4O5S2/c1-11(24-18(26)13-6-4-5-7-14(13)19(24)27)17(25)22-20-21-15-9-8-12(10-16(15)30-20)31(28,29)23(2)3/h4-11H,1-3H3,(H,21,22,25). The largest absolute Gasteiger partial charge is 0.300 e. The molecule has 1 aromatic heterocycles. The number of anilines is 1. The Labute approximate surface area is 182 Å². The van der Waals surface area contributed by atoms with Crippen LogP contribution in [0.5, 0.6) is 0 Å². The molecule has 0 aliphatic carbocycles. The lowest BCUT2D eigenvalue weighted by Gasteiger charge is -2.21. The predicted molar refractivity (Wildman–Crippen MR) is 116 cm³/mol. The summed E-state index contributed by atoms with van der Waals surface area (Å²) in [5.74, 6) is -1.62. The number of hydrogen-bond donors (Lipinski definition) is 1.